The van der Waals surface area contributed by atoms with Gasteiger partial charge in [-0.25, -0.2) is 0 Å². The maximum absolute atomic E-state index is 5.71. The molecule has 1 aliphatic heterocycles. The first-order valence-corrected chi connectivity index (χ1v) is 6.00. The van der Waals surface area contributed by atoms with E-state index in [0.717, 1.165) is 11.3 Å². The largest absolute Gasteiger partial charge is 0.328 e. The molecule has 0 aromatic heterocycles. The van der Waals surface area contributed by atoms with E-state index in [-0.39, 0.29) is 0 Å². The highest BCUT2D eigenvalue weighted by molar-refractivity contribution is 8.00. The lowest BCUT2D eigenvalue weighted by Crippen LogP contribution is -2.49. The minimum absolute atomic E-state index is 0.485. The van der Waals surface area contributed by atoms with Crippen LogP contribution in [-0.4, -0.2) is 29.6 Å². The van der Waals surface area contributed by atoms with Gasteiger partial charge >= 0.3 is 0 Å². The van der Waals surface area contributed by atoms with Gasteiger partial charge in [0.1, 0.15) is 0 Å². The van der Waals surface area contributed by atoms with E-state index in [4.69, 9.17) is 5.73 Å². The highest BCUT2D eigenvalue weighted by Crippen LogP contribution is 2.26. The molecule has 3 heteroatoms. The Hall–Kier alpha value is 0.270. The molecular weight excluding hydrogens is 168 g/mol. The third-order valence-electron chi connectivity index (χ3n) is 2.83. The molecule has 2 nitrogen and oxygen atoms in total. The van der Waals surface area contributed by atoms with Crippen molar-refractivity contribution in [2.75, 3.05) is 12.3 Å². The number of hydrogen-bond acceptors (Lipinski definition) is 3. The van der Waals surface area contributed by atoms with E-state index in [0.29, 0.717) is 6.04 Å². The van der Waals surface area contributed by atoms with Crippen LogP contribution >= 0.6 is 11.8 Å². The molecule has 0 radical (unpaired) electrons. The van der Waals surface area contributed by atoms with E-state index in [1.807, 2.05) is 0 Å². The molecule has 1 atom stereocenters. The van der Waals surface area contributed by atoms with Gasteiger partial charge in [0.2, 0.25) is 0 Å². The van der Waals surface area contributed by atoms with Crippen LogP contribution in [0.1, 0.15) is 25.7 Å². The van der Waals surface area contributed by atoms with Crippen molar-refractivity contribution in [2.24, 2.45) is 5.73 Å². The summed E-state index contributed by atoms with van der Waals surface area (Å²) in [5.74, 6) is 1.37. The summed E-state index contributed by atoms with van der Waals surface area (Å²) in [6.45, 7) is 1.21. The van der Waals surface area contributed by atoms with Gasteiger partial charge in [-0.3, -0.25) is 0 Å². The average molecular weight is 186 g/mol. The summed E-state index contributed by atoms with van der Waals surface area (Å²) in [6.07, 6.45) is 5.21. The maximum atomic E-state index is 5.71. The van der Waals surface area contributed by atoms with Gasteiger partial charge in [0.25, 0.3) is 0 Å². The van der Waals surface area contributed by atoms with Crippen LogP contribution in [0.15, 0.2) is 0 Å². The molecule has 1 saturated heterocycles. The fourth-order valence-electron chi connectivity index (χ4n) is 1.93. The Balaban J connectivity index is 1.56. The first kappa shape index (κ1) is 8.85. The molecule has 3 N–H and O–H groups in total. The zero-order valence-corrected chi connectivity index (χ0v) is 8.28. The van der Waals surface area contributed by atoms with Gasteiger partial charge in [-0.2, -0.15) is 11.8 Å². The summed E-state index contributed by atoms with van der Waals surface area (Å²) >= 11 is 2.13. The van der Waals surface area contributed by atoms with Crippen LogP contribution in [0.2, 0.25) is 0 Å². The molecule has 1 unspecified atom stereocenters. The van der Waals surface area contributed by atoms with Crippen LogP contribution < -0.4 is 11.1 Å². The fraction of sp³-hybridized carbons (Fsp3) is 1.00. The van der Waals surface area contributed by atoms with Crippen molar-refractivity contribution in [1.29, 1.82) is 0 Å². The van der Waals surface area contributed by atoms with E-state index in [1.165, 1.54) is 38.0 Å². The number of rotatable bonds is 3. The smallest absolute Gasteiger partial charge is 0.0172 e. The zero-order chi connectivity index (χ0) is 8.39. The second-order valence-electron chi connectivity index (χ2n) is 3.97. The Morgan fingerprint density at radius 2 is 2.25 bits per heavy atom. The molecule has 2 rings (SSSR count). The predicted octanol–water partition coefficient (Wildman–Crippen LogP) is 0.961. The van der Waals surface area contributed by atoms with Gasteiger partial charge in [-0.15, -0.1) is 0 Å². The highest BCUT2D eigenvalue weighted by atomic mass is 32.2. The SMILES string of the molecule is NC1CC(NCC2CCCS2)C1. The molecule has 0 bridgehead atoms. The van der Waals surface area contributed by atoms with Crippen molar-refractivity contribution < 1.29 is 0 Å². The van der Waals surface area contributed by atoms with Crippen LogP contribution in [0.25, 0.3) is 0 Å². The molecule has 12 heavy (non-hydrogen) atoms. The lowest BCUT2D eigenvalue weighted by atomic mass is 9.87. The van der Waals surface area contributed by atoms with Gasteiger partial charge in [0.15, 0.2) is 0 Å². The minimum Gasteiger partial charge on any atom is -0.328 e. The lowest BCUT2D eigenvalue weighted by Gasteiger charge is -2.33. The third kappa shape index (κ3) is 2.15. The molecule has 1 heterocycles. The fourth-order valence-corrected chi connectivity index (χ4v) is 3.15. The van der Waals surface area contributed by atoms with Crippen molar-refractivity contribution in [2.45, 2.75) is 43.0 Å². The number of thioether (sulfide) groups is 1. The first-order valence-electron chi connectivity index (χ1n) is 4.95. The molecule has 1 saturated carbocycles. The van der Waals surface area contributed by atoms with Crippen molar-refractivity contribution in [3.8, 4) is 0 Å². The number of nitrogens with one attached hydrogen (secondary N) is 1. The monoisotopic (exact) mass is 186 g/mol. The standard InChI is InChI=1S/C9H18N2S/c10-7-4-8(5-7)11-6-9-2-1-3-12-9/h7-9,11H,1-6,10H2. The van der Waals surface area contributed by atoms with Crippen LogP contribution in [0, 0.1) is 0 Å². The van der Waals surface area contributed by atoms with Crippen molar-refractivity contribution in [3.05, 3.63) is 0 Å². The van der Waals surface area contributed by atoms with E-state index in [2.05, 4.69) is 17.1 Å². The van der Waals surface area contributed by atoms with Crippen molar-refractivity contribution in [3.63, 3.8) is 0 Å². The van der Waals surface area contributed by atoms with E-state index in [1.54, 1.807) is 0 Å². The average Bonchev–Trinajstić information content (AvgIpc) is 2.47. The molecule has 70 valence electrons. The van der Waals surface area contributed by atoms with Crippen molar-refractivity contribution in [1.82, 2.24) is 5.32 Å². The molecule has 2 aliphatic rings. The molecule has 0 amide bonds. The summed E-state index contributed by atoms with van der Waals surface area (Å²) < 4.78 is 0. The maximum Gasteiger partial charge on any atom is 0.0172 e. The third-order valence-corrected chi connectivity index (χ3v) is 4.23. The first-order chi connectivity index (χ1) is 5.84. The Labute approximate surface area is 78.7 Å². The Bertz CT molecular complexity index is 139. The second-order valence-corrected chi connectivity index (χ2v) is 5.38. The van der Waals surface area contributed by atoms with E-state index in [9.17, 15) is 0 Å². The second kappa shape index (κ2) is 3.99. The highest BCUT2D eigenvalue weighted by Gasteiger charge is 2.26. The summed E-state index contributed by atoms with van der Waals surface area (Å²) in [4.78, 5) is 0. The van der Waals surface area contributed by atoms with Gasteiger partial charge in [0, 0.05) is 23.9 Å². The Kier molecular flexibility index (Phi) is 2.94. The van der Waals surface area contributed by atoms with Crippen molar-refractivity contribution >= 4 is 11.8 Å². The zero-order valence-electron chi connectivity index (χ0n) is 7.46. The molecule has 0 aromatic carbocycles. The van der Waals surface area contributed by atoms with Gasteiger partial charge < -0.3 is 11.1 Å². The van der Waals surface area contributed by atoms with E-state index >= 15 is 0 Å². The Morgan fingerprint density at radius 3 is 2.83 bits per heavy atom. The molecule has 0 spiro atoms. The molecule has 0 aromatic rings. The predicted molar refractivity (Wildman–Crippen MR) is 54.5 cm³/mol. The Morgan fingerprint density at radius 1 is 1.42 bits per heavy atom. The van der Waals surface area contributed by atoms with E-state index < -0.39 is 0 Å². The summed E-state index contributed by atoms with van der Waals surface area (Å²) in [6, 6.07) is 1.22. The summed E-state index contributed by atoms with van der Waals surface area (Å²) in [7, 11) is 0. The molecular formula is C9H18N2S. The molecule has 2 fully saturated rings. The van der Waals surface area contributed by atoms with Gasteiger partial charge in [-0.1, -0.05) is 0 Å². The van der Waals surface area contributed by atoms with Gasteiger partial charge in [-0.05, 0) is 31.4 Å². The van der Waals surface area contributed by atoms with Crippen LogP contribution in [0.3, 0.4) is 0 Å². The minimum atomic E-state index is 0.485. The van der Waals surface area contributed by atoms with Crippen LogP contribution in [0.5, 0.6) is 0 Å². The number of nitrogens with two attached hydrogens (primary N) is 1. The lowest BCUT2D eigenvalue weighted by molar-refractivity contribution is 0.293. The normalized spacial score (nSPS) is 41.2. The quantitative estimate of drug-likeness (QED) is 0.689. The van der Waals surface area contributed by atoms with Crippen LogP contribution in [-0.2, 0) is 0 Å². The topological polar surface area (TPSA) is 38.0 Å². The molecule has 1 aliphatic carbocycles. The van der Waals surface area contributed by atoms with Crippen LogP contribution in [0.4, 0.5) is 0 Å². The van der Waals surface area contributed by atoms with Gasteiger partial charge in [0.05, 0.1) is 0 Å². The number of hydrogen-bond donors (Lipinski definition) is 2. The summed E-state index contributed by atoms with van der Waals surface area (Å²) in [5.41, 5.74) is 5.71. The summed E-state index contributed by atoms with van der Waals surface area (Å²) in [5, 5.41) is 4.48.